The minimum atomic E-state index is 0.583. The third-order valence-corrected chi connectivity index (χ3v) is 3.60. The van der Waals surface area contributed by atoms with Gasteiger partial charge in [0.2, 0.25) is 5.16 Å². The van der Waals surface area contributed by atoms with Crippen LogP contribution in [0.2, 0.25) is 0 Å². The molecule has 1 aliphatic rings. The molecule has 0 atom stereocenters. The lowest BCUT2D eigenvalue weighted by Gasteiger charge is -2.02. The van der Waals surface area contributed by atoms with Gasteiger partial charge in [0, 0.05) is 5.75 Å². The number of aromatic nitrogens is 4. The van der Waals surface area contributed by atoms with Gasteiger partial charge in [-0.3, -0.25) is 0 Å². The Labute approximate surface area is 100 Å². The summed E-state index contributed by atoms with van der Waals surface area (Å²) in [5.74, 6) is 1.11. The van der Waals surface area contributed by atoms with Gasteiger partial charge in [-0.1, -0.05) is 18.7 Å². The van der Waals surface area contributed by atoms with Crippen LogP contribution < -0.4 is 5.32 Å². The Hall–Kier alpha value is -0.620. The fourth-order valence-corrected chi connectivity index (χ4v) is 2.46. The van der Waals surface area contributed by atoms with Crippen LogP contribution >= 0.6 is 11.8 Å². The molecule has 1 fully saturated rings. The third-order valence-electron chi connectivity index (χ3n) is 2.58. The maximum absolute atomic E-state index is 4.06. The summed E-state index contributed by atoms with van der Waals surface area (Å²) in [7, 11) is 0. The van der Waals surface area contributed by atoms with Crippen LogP contribution in [0, 0.1) is 0 Å². The van der Waals surface area contributed by atoms with E-state index >= 15 is 0 Å². The Morgan fingerprint density at radius 2 is 2.31 bits per heavy atom. The van der Waals surface area contributed by atoms with Gasteiger partial charge in [-0.25, -0.2) is 4.68 Å². The van der Waals surface area contributed by atoms with Crippen LogP contribution in [-0.4, -0.2) is 39.0 Å². The molecule has 1 saturated carbocycles. The van der Waals surface area contributed by atoms with E-state index < -0.39 is 0 Å². The van der Waals surface area contributed by atoms with Gasteiger partial charge in [0.25, 0.3) is 0 Å². The van der Waals surface area contributed by atoms with Crippen molar-refractivity contribution in [2.24, 2.45) is 0 Å². The molecular weight excluding hydrogens is 222 g/mol. The minimum absolute atomic E-state index is 0.583. The lowest BCUT2D eigenvalue weighted by molar-refractivity contribution is 0.565. The average molecular weight is 241 g/mol. The highest BCUT2D eigenvalue weighted by atomic mass is 32.2. The summed E-state index contributed by atoms with van der Waals surface area (Å²) >= 11 is 1.78. The van der Waals surface area contributed by atoms with E-state index in [0.717, 1.165) is 24.0 Å². The molecule has 1 aromatic rings. The Kier molecular flexibility index (Phi) is 4.59. The lowest BCUT2D eigenvalue weighted by Crippen LogP contribution is -2.13. The predicted molar refractivity (Wildman–Crippen MR) is 64.6 cm³/mol. The number of rotatable bonds is 8. The largest absolute Gasteiger partial charge is 0.317 e. The Balaban J connectivity index is 1.63. The van der Waals surface area contributed by atoms with Crippen LogP contribution in [0.15, 0.2) is 5.16 Å². The molecule has 0 aliphatic heterocycles. The Morgan fingerprint density at radius 3 is 3.06 bits per heavy atom. The maximum atomic E-state index is 4.06. The topological polar surface area (TPSA) is 55.6 Å². The molecule has 0 unspecified atom stereocenters. The first-order valence-electron chi connectivity index (χ1n) is 6.03. The summed E-state index contributed by atoms with van der Waals surface area (Å²) < 4.78 is 1.98. The summed E-state index contributed by atoms with van der Waals surface area (Å²) in [5, 5.41) is 16.1. The zero-order chi connectivity index (χ0) is 11.2. The molecule has 0 spiro atoms. The van der Waals surface area contributed by atoms with Crippen molar-refractivity contribution in [2.75, 3.05) is 18.8 Å². The Bertz CT molecular complexity index is 310. The highest BCUT2D eigenvalue weighted by Gasteiger charge is 2.27. The lowest BCUT2D eigenvalue weighted by atomic mass is 10.3. The van der Waals surface area contributed by atoms with Gasteiger partial charge in [0.05, 0.1) is 6.04 Å². The average Bonchev–Trinajstić information content (AvgIpc) is 3.04. The summed E-state index contributed by atoms with van der Waals surface area (Å²) in [6.07, 6.45) is 4.92. The van der Waals surface area contributed by atoms with Crippen molar-refractivity contribution in [3.8, 4) is 0 Å². The molecule has 16 heavy (non-hydrogen) atoms. The molecule has 2 rings (SSSR count). The second kappa shape index (κ2) is 6.20. The Morgan fingerprint density at radius 1 is 1.44 bits per heavy atom. The summed E-state index contributed by atoms with van der Waals surface area (Å²) in [6, 6.07) is 0.583. The van der Waals surface area contributed by atoms with Gasteiger partial charge < -0.3 is 5.32 Å². The van der Waals surface area contributed by atoms with E-state index in [4.69, 9.17) is 0 Å². The van der Waals surface area contributed by atoms with Gasteiger partial charge in [-0.05, 0) is 49.2 Å². The normalized spacial score (nSPS) is 15.6. The number of thioether (sulfide) groups is 1. The number of hydrogen-bond donors (Lipinski definition) is 1. The van der Waals surface area contributed by atoms with E-state index in [1.807, 2.05) is 4.68 Å². The summed E-state index contributed by atoms with van der Waals surface area (Å²) in [4.78, 5) is 0. The molecule has 1 heterocycles. The number of hydrogen-bond acceptors (Lipinski definition) is 5. The van der Waals surface area contributed by atoms with E-state index in [0.29, 0.717) is 6.04 Å². The van der Waals surface area contributed by atoms with E-state index in [9.17, 15) is 0 Å². The number of nitrogens with one attached hydrogen (secondary N) is 1. The van der Waals surface area contributed by atoms with Crippen LogP contribution in [-0.2, 0) is 0 Å². The van der Waals surface area contributed by atoms with E-state index in [1.165, 1.54) is 25.7 Å². The van der Waals surface area contributed by atoms with E-state index in [-0.39, 0.29) is 0 Å². The standard InChI is InChI=1S/C10H19N5S/c1-2-11-7-3-4-8-16-10-12-13-14-15(10)9-5-6-9/h9,11H,2-8H2,1H3. The van der Waals surface area contributed by atoms with Crippen molar-refractivity contribution in [1.82, 2.24) is 25.5 Å². The van der Waals surface area contributed by atoms with Gasteiger partial charge in [0.1, 0.15) is 0 Å². The molecule has 6 heteroatoms. The minimum Gasteiger partial charge on any atom is -0.317 e. The summed E-state index contributed by atoms with van der Waals surface area (Å²) in [5.41, 5.74) is 0. The summed E-state index contributed by atoms with van der Waals surface area (Å²) in [6.45, 7) is 4.32. The smallest absolute Gasteiger partial charge is 0.209 e. The van der Waals surface area contributed by atoms with Crippen LogP contribution in [0.25, 0.3) is 0 Å². The van der Waals surface area contributed by atoms with Crippen molar-refractivity contribution >= 4 is 11.8 Å². The van der Waals surface area contributed by atoms with Crippen molar-refractivity contribution in [3.05, 3.63) is 0 Å². The fraction of sp³-hybridized carbons (Fsp3) is 0.900. The number of tetrazole rings is 1. The second-order valence-corrected chi connectivity index (χ2v) is 5.11. The number of unbranched alkanes of at least 4 members (excludes halogenated alkanes) is 1. The zero-order valence-corrected chi connectivity index (χ0v) is 10.5. The van der Waals surface area contributed by atoms with Crippen molar-refractivity contribution in [2.45, 2.75) is 43.8 Å². The highest BCUT2D eigenvalue weighted by Crippen LogP contribution is 2.36. The van der Waals surface area contributed by atoms with Crippen molar-refractivity contribution in [1.29, 1.82) is 0 Å². The van der Waals surface area contributed by atoms with Gasteiger partial charge in [-0.15, -0.1) is 5.10 Å². The maximum Gasteiger partial charge on any atom is 0.209 e. The monoisotopic (exact) mass is 241 g/mol. The highest BCUT2D eigenvalue weighted by molar-refractivity contribution is 7.99. The molecule has 1 aliphatic carbocycles. The first kappa shape index (κ1) is 11.9. The van der Waals surface area contributed by atoms with E-state index in [1.54, 1.807) is 11.8 Å². The first-order valence-corrected chi connectivity index (χ1v) is 7.01. The molecule has 0 aromatic carbocycles. The molecule has 1 aromatic heterocycles. The SMILES string of the molecule is CCNCCCCSc1nnnn1C1CC1. The third kappa shape index (κ3) is 3.45. The molecule has 1 N–H and O–H groups in total. The molecule has 90 valence electrons. The second-order valence-electron chi connectivity index (χ2n) is 4.05. The fourth-order valence-electron chi connectivity index (χ4n) is 1.52. The first-order chi connectivity index (χ1) is 7.92. The molecule has 0 radical (unpaired) electrons. The predicted octanol–water partition coefficient (Wildman–Crippen LogP) is 1.49. The van der Waals surface area contributed by atoms with Gasteiger partial charge in [0.15, 0.2) is 0 Å². The van der Waals surface area contributed by atoms with Gasteiger partial charge >= 0.3 is 0 Å². The van der Waals surface area contributed by atoms with Crippen LogP contribution in [0.5, 0.6) is 0 Å². The van der Waals surface area contributed by atoms with Crippen molar-refractivity contribution in [3.63, 3.8) is 0 Å². The van der Waals surface area contributed by atoms with Crippen LogP contribution in [0.1, 0.15) is 38.6 Å². The molecule has 0 bridgehead atoms. The van der Waals surface area contributed by atoms with Crippen LogP contribution in [0.4, 0.5) is 0 Å². The quantitative estimate of drug-likeness (QED) is 0.552. The van der Waals surface area contributed by atoms with Crippen LogP contribution in [0.3, 0.4) is 0 Å². The molecule has 0 saturated heterocycles. The molecular formula is C10H19N5S. The number of nitrogens with zero attached hydrogens (tertiary/aromatic N) is 4. The van der Waals surface area contributed by atoms with Gasteiger partial charge in [-0.2, -0.15) is 0 Å². The molecule has 5 nitrogen and oxygen atoms in total. The zero-order valence-electron chi connectivity index (χ0n) is 9.72. The van der Waals surface area contributed by atoms with E-state index in [2.05, 4.69) is 27.8 Å². The molecule has 0 amide bonds. The van der Waals surface area contributed by atoms with Crippen molar-refractivity contribution < 1.29 is 0 Å².